The summed E-state index contributed by atoms with van der Waals surface area (Å²) in [5.41, 5.74) is -0.150. The molecule has 0 aromatic carbocycles. The average molecular weight is 200 g/mol. The van der Waals surface area contributed by atoms with E-state index in [2.05, 4.69) is 5.32 Å². The molecule has 1 fully saturated rings. The zero-order chi connectivity index (χ0) is 10.6. The van der Waals surface area contributed by atoms with Crippen molar-refractivity contribution in [2.75, 3.05) is 33.4 Å². The molecule has 1 heterocycles. The topological polar surface area (TPSA) is 41.6 Å². The molecule has 0 aromatic rings. The number of amides is 1. The Hall–Kier alpha value is -0.610. The van der Waals surface area contributed by atoms with E-state index in [9.17, 15) is 4.79 Å². The van der Waals surface area contributed by atoms with Crippen LogP contribution in [0.5, 0.6) is 0 Å². The molecule has 0 saturated carbocycles. The first kappa shape index (κ1) is 11.5. The lowest BCUT2D eigenvalue weighted by Crippen LogP contribution is -2.55. The molecule has 0 spiro atoms. The van der Waals surface area contributed by atoms with Crippen molar-refractivity contribution in [1.29, 1.82) is 0 Å². The van der Waals surface area contributed by atoms with E-state index in [1.807, 2.05) is 25.8 Å². The molecule has 1 aliphatic heterocycles. The van der Waals surface area contributed by atoms with Crippen LogP contribution in [0, 0.1) is 0 Å². The van der Waals surface area contributed by atoms with Gasteiger partial charge in [-0.15, -0.1) is 0 Å². The molecule has 1 saturated heterocycles. The van der Waals surface area contributed by atoms with Gasteiger partial charge in [0.15, 0.2) is 0 Å². The molecule has 0 aliphatic carbocycles. The number of nitrogens with zero attached hydrogens (tertiary/aromatic N) is 1. The average Bonchev–Trinajstić information content (AvgIpc) is 2.13. The SMILES string of the molecule is CNCCC(=O)N1CCOCC1(C)C. The fraction of sp³-hybridized carbons (Fsp3) is 0.900. The molecule has 4 heteroatoms. The summed E-state index contributed by atoms with van der Waals surface area (Å²) in [6.07, 6.45) is 0.569. The largest absolute Gasteiger partial charge is 0.377 e. The van der Waals surface area contributed by atoms with Gasteiger partial charge in [0.1, 0.15) is 0 Å². The first-order valence-electron chi connectivity index (χ1n) is 5.11. The van der Waals surface area contributed by atoms with E-state index >= 15 is 0 Å². The zero-order valence-corrected chi connectivity index (χ0v) is 9.30. The molecule has 0 radical (unpaired) electrons. The lowest BCUT2D eigenvalue weighted by Gasteiger charge is -2.42. The number of hydrogen-bond donors (Lipinski definition) is 1. The highest BCUT2D eigenvalue weighted by atomic mass is 16.5. The predicted octanol–water partition coefficient (Wildman–Crippen LogP) is 0.233. The Balaban J connectivity index is 2.51. The molecular weight excluding hydrogens is 180 g/mol. The normalized spacial score (nSPS) is 20.9. The molecule has 1 amide bonds. The fourth-order valence-corrected chi connectivity index (χ4v) is 1.69. The highest BCUT2D eigenvalue weighted by Crippen LogP contribution is 2.19. The van der Waals surface area contributed by atoms with Gasteiger partial charge in [0.25, 0.3) is 0 Å². The third-order valence-electron chi connectivity index (χ3n) is 2.54. The van der Waals surface area contributed by atoms with Crippen molar-refractivity contribution in [3.63, 3.8) is 0 Å². The molecule has 0 bridgehead atoms. The van der Waals surface area contributed by atoms with Gasteiger partial charge in [0.2, 0.25) is 5.91 Å². The van der Waals surface area contributed by atoms with Gasteiger partial charge in [-0.2, -0.15) is 0 Å². The van der Waals surface area contributed by atoms with Crippen LogP contribution < -0.4 is 5.32 Å². The Kier molecular flexibility index (Phi) is 3.89. The number of nitrogens with one attached hydrogen (secondary N) is 1. The van der Waals surface area contributed by atoms with Crippen LogP contribution in [0.15, 0.2) is 0 Å². The van der Waals surface area contributed by atoms with E-state index in [-0.39, 0.29) is 11.4 Å². The second-order valence-electron chi connectivity index (χ2n) is 4.26. The number of morpholine rings is 1. The summed E-state index contributed by atoms with van der Waals surface area (Å²) in [5.74, 6) is 0.215. The quantitative estimate of drug-likeness (QED) is 0.709. The summed E-state index contributed by atoms with van der Waals surface area (Å²) >= 11 is 0. The van der Waals surface area contributed by atoms with Crippen molar-refractivity contribution in [1.82, 2.24) is 10.2 Å². The van der Waals surface area contributed by atoms with E-state index < -0.39 is 0 Å². The van der Waals surface area contributed by atoms with Crippen molar-refractivity contribution in [3.8, 4) is 0 Å². The van der Waals surface area contributed by atoms with Gasteiger partial charge < -0.3 is 15.0 Å². The minimum Gasteiger partial charge on any atom is -0.377 e. The standard InChI is InChI=1S/C10H20N2O2/c1-10(2)8-14-7-6-12(10)9(13)4-5-11-3/h11H,4-8H2,1-3H3. The molecule has 1 aliphatic rings. The van der Waals surface area contributed by atoms with Crippen LogP contribution in [0.3, 0.4) is 0 Å². The number of carbonyl (C=O) groups excluding carboxylic acids is 1. The highest BCUT2D eigenvalue weighted by molar-refractivity contribution is 5.77. The minimum absolute atomic E-state index is 0.150. The molecular formula is C10H20N2O2. The van der Waals surface area contributed by atoms with Crippen molar-refractivity contribution < 1.29 is 9.53 Å². The molecule has 82 valence electrons. The Morgan fingerprint density at radius 1 is 1.57 bits per heavy atom. The van der Waals surface area contributed by atoms with Crippen LogP contribution in [0.25, 0.3) is 0 Å². The molecule has 14 heavy (non-hydrogen) atoms. The molecule has 0 aromatic heterocycles. The van der Waals surface area contributed by atoms with Crippen molar-refractivity contribution >= 4 is 5.91 Å². The Labute approximate surface area is 85.6 Å². The lowest BCUT2D eigenvalue weighted by molar-refractivity contribution is -0.146. The van der Waals surface area contributed by atoms with Gasteiger partial charge in [-0.3, -0.25) is 4.79 Å². The maximum atomic E-state index is 11.8. The summed E-state index contributed by atoms with van der Waals surface area (Å²) in [6.45, 7) is 6.85. The monoisotopic (exact) mass is 200 g/mol. The van der Waals surface area contributed by atoms with Crippen LogP contribution in [0.1, 0.15) is 20.3 Å². The molecule has 0 atom stereocenters. The summed E-state index contributed by atoms with van der Waals surface area (Å²) < 4.78 is 5.36. The van der Waals surface area contributed by atoms with Gasteiger partial charge in [-0.05, 0) is 20.9 Å². The second-order valence-corrected chi connectivity index (χ2v) is 4.26. The molecule has 1 rings (SSSR count). The van der Waals surface area contributed by atoms with E-state index in [4.69, 9.17) is 4.74 Å². The van der Waals surface area contributed by atoms with Crippen molar-refractivity contribution in [2.24, 2.45) is 0 Å². The fourth-order valence-electron chi connectivity index (χ4n) is 1.69. The number of ether oxygens (including phenoxy) is 1. The number of rotatable bonds is 3. The van der Waals surface area contributed by atoms with Gasteiger partial charge in [0.05, 0.1) is 18.8 Å². The number of hydrogen-bond acceptors (Lipinski definition) is 3. The van der Waals surface area contributed by atoms with Crippen LogP contribution in [0.4, 0.5) is 0 Å². The third kappa shape index (κ3) is 2.69. The Bertz CT molecular complexity index is 204. The maximum Gasteiger partial charge on any atom is 0.224 e. The van der Waals surface area contributed by atoms with Crippen LogP contribution in [0.2, 0.25) is 0 Å². The zero-order valence-electron chi connectivity index (χ0n) is 9.30. The molecule has 0 unspecified atom stereocenters. The van der Waals surface area contributed by atoms with Crippen LogP contribution >= 0.6 is 0 Å². The first-order chi connectivity index (χ1) is 6.58. The Morgan fingerprint density at radius 2 is 2.29 bits per heavy atom. The maximum absolute atomic E-state index is 11.8. The van der Waals surface area contributed by atoms with Gasteiger partial charge in [-0.1, -0.05) is 0 Å². The van der Waals surface area contributed by atoms with Gasteiger partial charge in [-0.25, -0.2) is 0 Å². The lowest BCUT2D eigenvalue weighted by atomic mass is 10.0. The second kappa shape index (κ2) is 4.75. The third-order valence-corrected chi connectivity index (χ3v) is 2.54. The number of carbonyl (C=O) groups is 1. The van der Waals surface area contributed by atoms with Crippen LogP contribution in [-0.2, 0) is 9.53 Å². The van der Waals surface area contributed by atoms with E-state index in [0.29, 0.717) is 19.6 Å². The van der Waals surface area contributed by atoms with Crippen LogP contribution in [-0.4, -0.2) is 49.7 Å². The summed E-state index contributed by atoms with van der Waals surface area (Å²) in [7, 11) is 1.86. The first-order valence-corrected chi connectivity index (χ1v) is 5.11. The molecule has 1 N–H and O–H groups in total. The van der Waals surface area contributed by atoms with Gasteiger partial charge in [0, 0.05) is 19.5 Å². The smallest absolute Gasteiger partial charge is 0.224 e. The van der Waals surface area contributed by atoms with E-state index in [1.54, 1.807) is 0 Å². The summed E-state index contributed by atoms with van der Waals surface area (Å²) in [6, 6.07) is 0. The minimum atomic E-state index is -0.150. The van der Waals surface area contributed by atoms with E-state index in [1.165, 1.54) is 0 Å². The van der Waals surface area contributed by atoms with Gasteiger partial charge >= 0.3 is 0 Å². The summed E-state index contributed by atoms with van der Waals surface area (Å²) in [4.78, 5) is 13.7. The summed E-state index contributed by atoms with van der Waals surface area (Å²) in [5, 5.41) is 2.99. The van der Waals surface area contributed by atoms with E-state index in [0.717, 1.165) is 13.1 Å². The predicted molar refractivity (Wildman–Crippen MR) is 55.2 cm³/mol. The van der Waals surface area contributed by atoms with Crippen molar-refractivity contribution in [3.05, 3.63) is 0 Å². The Morgan fingerprint density at radius 3 is 2.86 bits per heavy atom. The highest BCUT2D eigenvalue weighted by Gasteiger charge is 2.33. The van der Waals surface area contributed by atoms with Crippen molar-refractivity contribution in [2.45, 2.75) is 25.8 Å². The molecule has 4 nitrogen and oxygen atoms in total.